The van der Waals surface area contributed by atoms with E-state index in [1.807, 2.05) is 6.08 Å². The maximum absolute atomic E-state index is 13.1. The van der Waals surface area contributed by atoms with Gasteiger partial charge in [-0.3, -0.25) is 4.79 Å². The molecular weight excluding hydrogens is 983 g/mol. The quantitative estimate of drug-likeness (QED) is 0.0261. The van der Waals surface area contributed by atoms with Crippen molar-refractivity contribution in [1.29, 1.82) is 0 Å². The molecule has 9 nitrogen and oxygen atoms in total. The number of aliphatic hydroxyl groups excluding tert-OH is 5. The lowest BCUT2D eigenvalue weighted by Crippen LogP contribution is -2.60. The molecule has 0 aromatic heterocycles. The molecule has 1 rings (SSSR count). The van der Waals surface area contributed by atoms with Crippen LogP contribution >= 0.6 is 0 Å². The van der Waals surface area contributed by atoms with E-state index in [-0.39, 0.29) is 12.5 Å². The first-order valence-corrected chi connectivity index (χ1v) is 34.0. The molecule has 1 heterocycles. The van der Waals surface area contributed by atoms with Crippen LogP contribution in [0.2, 0.25) is 0 Å². The molecule has 9 heteroatoms. The molecule has 0 saturated carbocycles. The number of allylic oxidation sites excluding steroid dienone is 9. The minimum absolute atomic E-state index is 0.188. The van der Waals surface area contributed by atoms with Gasteiger partial charge in [0.15, 0.2) is 6.29 Å². The molecule has 0 aromatic rings. The van der Waals surface area contributed by atoms with Gasteiger partial charge in [-0.05, 0) is 77.0 Å². The lowest BCUT2D eigenvalue weighted by Gasteiger charge is -2.40. The average molecular weight is 1110 g/mol. The van der Waals surface area contributed by atoms with Crippen LogP contribution in [0.25, 0.3) is 0 Å². The summed E-state index contributed by atoms with van der Waals surface area (Å²) in [7, 11) is 0. The molecule has 0 radical (unpaired) electrons. The summed E-state index contributed by atoms with van der Waals surface area (Å²) in [5.74, 6) is -0.188. The fourth-order valence-electron chi connectivity index (χ4n) is 10.7. The monoisotopic (exact) mass is 1110 g/mol. The van der Waals surface area contributed by atoms with Crippen LogP contribution in [-0.4, -0.2) is 87.5 Å². The molecule has 1 saturated heterocycles. The zero-order valence-electron chi connectivity index (χ0n) is 51.6. The van der Waals surface area contributed by atoms with Gasteiger partial charge < -0.3 is 40.3 Å². The molecule has 6 N–H and O–H groups in total. The Morgan fingerprint density at radius 2 is 0.759 bits per heavy atom. The van der Waals surface area contributed by atoms with Crippen LogP contribution in [0, 0.1) is 0 Å². The van der Waals surface area contributed by atoms with Crippen LogP contribution in [0.1, 0.15) is 322 Å². The van der Waals surface area contributed by atoms with E-state index >= 15 is 0 Å². The van der Waals surface area contributed by atoms with Crippen molar-refractivity contribution in [2.75, 3.05) is 13.2 Å². The SMILES string of the molecule is CCCCCCCCCCC/C=C/CC/C=C/CC/C=C/C(O)C(COC1OC(CO)C(O)C(O)C1O)NC(=O)CCCCCCCCCCCCCCCCCCC/C=C\C/C=C\CCCCCCCCCCCCCCC. The highest BCUT2D eigenvalue weighted by Crippen LogP contribution is 2.23. The third kappa shape index (κ3) is 48.0. The molecule has 462 valence electrons. The third-order valence-corrected chi connectivity index (χ3v) is 16.0. The minimum atomic E-state index is -1.58. The Balaban J connectivity index is 2.11. The second-order valence-corrected chi connectivity index (χ2v) is 23.6. The molecule has 0 bridgehead atoms. The molecule has 0 spiro atoms. The highest BCUT2D eigenvalue weighted by Gasteiger charge is 2.44. The molecule has 1 fully saturated rings. The smallest absolute Gasteiger partial charge is 0.220 e. The van der Waals surface area contributed by atoms with Crippen molar-refractivity contribution in [3.8, 4) is 0 Å². The fraction of sp³-hybridized carbons (Fsp3) is 0.843. The van der Waals surface area contributed by atoms with E-state index in [9.17, 15) is 30.3 Å². The van der Waals surface area contributed by atoms with E-state index in [2.05, 4.69) is 67.8 Å². The minimum Gasteiger partial charge on any atom is -0.394 e. The number of nitrogens with one attached hydrogen (secondary N) is 1. The number of unbranched alkanes of at least 4 members (excludes halogenated alkanes) is 41. The predicted molar refractivity (Wildman–Crippen MR) is 336 cm³/mol. The Kier molecular flexibility index (Phi) is 56.0. The second kappa shape index (κ2) is 59.1. The van der Waals surface area contributed by atoms with Crippen molar-refractivity contribution in [3.63, 3.8) is 0 Å². The van der Waals surface area contributed by atoms with Crippen LogP contribution in [0.4, 0.5) is 0 Å². The molecule has 7 atom stereocenters. The van der Waals surface area contributed by atoms with Gasteiger partial charge in [0.1, 0.15) is 24.4 Å². The summed E-state index contributed by atoms with van der Waals surface area (Å²) >= 11 is 0. The van der Waals surface area contributed by atoms with E-state index in [4.69, 9.17) is 9.47 Å². The number of ether oxygens (including phenoxy) is 2. The standard InChI is InChI=1S/C70H129NO8/c1-3-5-7-9-11-13-15-17-19-21-23-24-25-26-27-28-29-30-31-32-33-34-35-36-37-38-39-40-42-44-46-48-50-52-54-56-58-60-66(74)71-63(62-78-70-69(77)68(76)67(75)65(61-72)79-70)64(73)59-57-55-53-51-49-47-45-43-41-22-20-18-16-14-12-10-8-6-4-2/h27-28,30-31,41,43,49,51,57,59,63-65,67-70,72-73,75-77H,3-26,29,32-40,42,44-48,50,52-56,58,60-62H2,1-2H3,(H,71,74)/b28-27-,31-30-,43-41+,51-49+,59-57+. The lowest BCUT2D eigenvalue weighted by atomic mass is 9.99. The van der Waals surface area contributed by atoms with Gasteiger partial charge in [0, 0.05) is 6.42 Å². The predicted octanol–water partition coefficient (Wildman–Crippen LogP) is 18.2. The first kappa shape index (κ1) is 74.9. The van der Waals surface area contributed by atoms with Crippen LogP contribution in [-0.2, 0) is 14.3 Å². The van der Waals surface area contributed by atoms with Crippen molar-refractivity contribution >= 4 is 5.91 Å². The molecule has 0 aromatic carbocycles. The van der Waals surface area contributed by atoms with Crippen LogP contribution < -0.4 is 5.32 Å². The van der Waals surface area contributed by atoms with Gasteiger partial charge in [-0.15, -0.1) is 0 Å². The largest absolute Gasteiger partial charge is 0.394 e. The van der Waals surface area contributed by atoms with Crippen molar-refractivity contribution in [1.82, 2.24) is 5.32 Å². The van der Waals surface area contributed by atoms with Crippen LogP contribution in [0.3, 0.4) is 0 Å². The van der Waals surface area contributed by atoms with Gasteiger partial charge in [0.05, 0.1) is 25.4 Å². The van der Waals surface area contributed by atoms with E-state index in [0.717, 1.165) is 51.4 Å². The molecule has 1 aliphatic rings. The maximum Gasteiger partial charge on any atom is 0.220 e. The molecular formula is C70H129NO8. The Labute approximate surface area is 487 Å². The van der Waals surface area contributed by atoms with E-state index in [0.29, 0.717) is 6.42 Å². The Bertz CT molecular complexity index is 1430. The fourth-order valence-corrected chi connectivity index (χ4v) is 10.7. The molecule has 1 amide bonds. The number of aliphatic hydroxyl groups is 5. The van der Waals surface area contributed by atoms with Crippen molar-refractivity contribution < 1.29 is 39.8 Å². The van der Waals surface area contributed by atoms with Gasteiger partial charge >= 0.3 is 0 Å². The lowest BCUT2D eigenvalue weighted by molar-refractivity contribution is -0.302. The van der Waals surface area contributed by atoms with Gasteiger partial charge in [0.25, 0.3) is 0 Å². The second-order valence-electron chi connectivity index (χ2n) is 23.6. The topological polar surface area (TPSA) is 149 Å². The van der Waals surface area contributed by atoms with E-state index in [1.54, 1.807) is 6.08 Å². The number of rotatable bonds is 59. The first-order valence-electron chi connectivity index (χ1n) is 34.0. The Hall–Kier alpha value is -2.11. The van der Waals surface area contributed by atoms with Gasteiger partial charge in [0.2, 0.25) is 5.91 Å². The molecule has 0 aliphatic carbocycles. The zero-order valence-corrected chi connectivity index (χ0v) is 51.6. The highest BCUT2D eigenvalue weighted by atomic mass is 16.7. The van der Waals surface area contributed by atoms with E-state index < -0.39 is 49.5 Å². The van der Waals surface area contributed by atoms with Crippen LogP contribution in [0.15, 0.2) is 60.8 Å². The van der Waals surface area contributed by atoms with Gasteiger partial charge in [-0.2, -0.15) is 0 Å². The summed E-state index contributed by atoms with van der Waals surface area (Å²) in [5.41, 5.74) is 0. The molecule has 79 heavy (non-hydrogen) atoms. The number of carbonyl (C=O) groups is 1. The van der Waals surface area contributed by atoms with Crippen molar-refractivity contribution in [2.45, 2.75) is 365 Å². The third-order valence-electron chi connectivity index (χ3n) is 16.0. The summed E-state index contributed by atoms with van der Waals surface area (Å²) in [6, 6.07) is -0.830. The summed E-state index contributed by atoms with van der Waals surface area (Å²) in [4.78, 5) is 13.1. The molecule has 7 unspecified atom stereocenters. The number of hydrogen-bond donors (Lipinski definition) is 6. The summed E-state index contributed by atoms with van der Waals surface area (Å²) in [6.07, 6.45) is 74.8. The van der Waals surface area contributed by atoms with E-state index in [1.165, 1.54) is 250 Å². The van der Waals surface area contributed by atoms with Crippen molar-refractivity contribution in [2.24, 2.45) is 0 Å². The van der Waals surface area contributed by atoms with Gasteiger partial charge in [-0.1, -0.05) is 299 Å². The number of hydrogen-bond acceptors (Lipinski definition) is 8. The van der Waals surface area contributed by atoms with Crippen LogP contribution in [0.5, 0.6) is 0 Å². The zero-order chi connectivity index (χ0) is 57.2. The summed E-state index contributed by atoms with van der Waals surface area (Å²) < 4.78 is 11.3. The Morgan fingerprint density at radius 3 is 1.14 bits per heavy atom. The number of carbonyl (C=O) groups excluding carboxylic acids is 1. The highest BCUT2D eigenvalue weighted by molar-refractivity contribution is 5.76. The summed E-state index contributed by atoms with van der Waals surface area (Å²) in [5, 5.41) is 54.6. The summed E-state index contributed by atoms with van der Waals surface area (Å²) in [6.45, 7) is 3.79. The van der Waals surface area contributed by atoms with Crippen molar-refractivity contribution in [3.05, 3.63) is 60.8 Å². The number of amides is 1. The average Bonchev–Trinajstić information content (AvgIpc) is 3.47. The van der Waals surface area contributed by atoms with Gasteiger partial charge in [-0.25, -0.2) is 0 Å². The normalized spacial score (nSPS) is 18.9. The Morgan fingerprint density at radius 1 is 0.430 bits per heavy atom. The maximum atomic E-state index is 13.1. The molecule has 1 aliphatic heterocycles. The first-order chi connectivity index (χ1) is 38.8.